The number of carbonyl (C=O) groups is 1. The number of nitrogens with two attached hydrogens (primary N) is 1. The topological polar surface area (TPSA) is 120 Å². The molecular formula is C24H24N4O4S. The number of aryl methyl sites for hydroxylation is 2. The van der Waals surface area contributed by atoms with Gasteiger partial charge < -0.3 is 9.73 Å². The highest BCUT2D eigenvalue weighted by molar-refractivity contribution is 7.89. The lowest BCUT2D eigenvalue weighted by molar-refractivity contribution is 0.0946. The van der Waals surface area contributed by atoms with E-state index in [2.05, 4.69) is 5.32 Å². The Kier molecular flexibility index (Phi) is 6.17. The van der Waals surface area contributed by atoms with Gasteiger partial charge in [0.2, 0.25) is 10.0 Å². The second-order valence-electron chi connectivity index (χ2n) is 7.70. The van der Waals surface area contributed by atoms with Gasteiger partial charge in [-0.1, -0.05) is 60.7 Å². The van der Waals surface area contributed by atoms with Gasteiger partial charge in [-0.15, -0.1) is 0 Å². The summed E-state index contributed by atoms with van der Waals surface area (Å²) >= 11 is 0. The van der Waals surface area contributed by atoms with Crippen molar-refractivity contribution in [3.63, 3.8) is 0 Å². The lowest BCUT2D eigenvalue weighted by atomic mass is 10.1. The van der Waals surface area contributed by atoms with Gasteiger partial charge in [0, 0.05) is 23.9 Å². The van der Waals surface area contributed by atoms with Crippen LogP contribution in [0.15, 0.2) is 76.2 Å². The molecule has 33 heavy (non-hydrogen) atoms. The van der Waals surface area contributed by atoms with Crippen molar-refractivity contribution in [2.45, 2.75) is 31.8 Å². The van der Waals surface area contributed by atoms with E-state index < -0.39 is 15.9 Å². The van der Waals surface area contributed by atoms with Crippen LogP contribution >= 0.6 is 0 Å². The maximum absolute atomic E-state index is 12.9. The fourth-order valence-electron chi connectivity index (χ4n) is 3.81. The fraction of sp³-hybridized carbons (Fsp3) is 0.167. The van der Waals surface area contributed by atoms with Crippen LogP contribution < -0.4 is 10.5 Å². The predicted octanol–water partition coefficient (Wildman–Crippen LogP) is 3.39. The number of sulfonamides is 1. The molecule has 2 aromatic carbocycles. The summed E-state index contributed by atoms with van der Waals surface area (Å²) in [5.74, 6) is -0.305. The zero-order chi connectivity index (χ0) is 23.6. The van der Waals surface area contributed by atoms with Gasteiger partial charge in [-0.25, -0.2) is 13.6 Å². The molecule has 0 radical (unpaired) electrons. The van der Waals surface area contributed by atoms with Crippen molar-refractivity contribution in [1.82, 2.24) is 15.1 Å². The smallest absolute Gasteiger partial charge is 0.256 e. The van der Waals surface area contributed by atoms with Crippen LogP contribution in [0.3, 0.4) is 0 Å². The Morgan fingerprint density at radius 2 is 1.67 bits per heavy atom. The molecule has 0 aliphatic heterocycles. The molecule has 170 valence electrons. The molecule has 0 fully saturated rings. The van der Waals surface area contributed by atoms with Crippen LogP contribution in [0.25, 0.3) is 11.3 Å². The van der Waals surface area contributed by atoms with Crippen LogP contribution in [-0.4, -0.2) is 24.1 Å². The molecule has 0 aliphatic rings. The third-order valence-corrected chi connectivity index (χ3v) is 6.29. The highest BCUT2D eigenvalue weighted by Crippen LogP contribution is 2.26. The maximum Gasteiger partial charge on any atom is 0.256 e. The normalized spacial score (nSPS) is 11.5. The number of amides is 1. The van der Waals surface area contributed by atoms with Gasteiger partial charge in [-0.05, 0) is 19.4 Å². The summed E-state index contributed by atoms with van der Waals surface area (Å²) in [5.41, 5.74) is 3.46. The summed E-state index contributed by atoms with van der Waals surface area (Å²) in [6.07, 6.45) is 1.88. The van der Waals surface area contributed by atoms with Crippen molar-refractivity contribution >= 4 is 15.9 Å². The molecule has 0 saturated heterocycles. The van der Waals surface area contributed by atoms with Gasteiger partial charge in [-0.3, -0.25) is 9.48 Å². The van der Waals surface area contributed by atoms with Crippen molar-refractivity contribution < 1.29 is 17.6 Å². The molecule has 2 heterocycles. The van der Waals surface area contributed by atoms with E-state index in [0.717, 1.165) is 22.4 Å². The van der Waals surface area contributed by atoms with Crippen molar-refractivity contribution in [1.29, 1.82) is 0 Å². The van der Waals surface area contributed by atoms with Crippen LogP contribution in [0.1, 0.15) is 33.0 Å². The number of carbonyl (C=O) groups excluding carboxylic acids is 1. The van der Waals surface area contributed by atoms with E-state index in [1.165, 1.54) is 13.8 Å². The Bertz CT molecular complexity index is 1390. The molecule has 1 amide bonds. The molecule has 3 N–H and O–H groups in total. The Morgan fingerprint density at radius 1 is 1.03 bits per heavy atom. The molecule has 0 aliphatic carbocycles. The van der Waals surface area contributed by atoms with Crippen molar-refractivity contribution in [3.05, 3.63) is 95.1 Å². The van der Waals surface area contributed by atoms with Gasteiger partial charge in [0.15, 0.2) is 0 Å². The number of primary sulfonamides is 1. The SMILES string of the molecule is Cc1oc(C)c(S(N)(=O)=O)c1C(=O)NCc1cn(Cc2ccccc2)nc1-c1ccccc1. The minimum absolute atomic E-state index is 0.0760. The van der Waals surface area contributed by atoms with Crippen molar-refractivity contribution in [2.75, 3.05) is 0 Å². The molecule has 0 saturated carbocycles. The summed E-state index contributed by atoms with van der Waals surface area (Å²) in [7, 11) is -4.12. The Morgan fingerprint density at radius 3 is 2.30 bits per heavy atom. The molecule has 4 rings (SSSR count). The molecule has 0 unspecified atom stereocenters. The minimum atomic E-state index is -4.12. The van der Waals surface area contributed by atoms with Gasteiger partial charge in [-0.2, -0.15) is 5.10 Å². The van der Waals surface area contributed by atoms with Crippen molar-refractivity contribution in [2.24, 2.45) is 5.14 Å². The first-order valence-corrected chi connectivity index (χ1v) is 11.9. The van der Waals surface area contributed by atoms with E-state index in [0.29, 0.717) is 6.54 Å². The standard InChI is InChI=1S/C24H24N4O4S/c1-16-21(23(17(2)32-16)33(25,30)31)24(29)26-13-20-15-28(14-18-9-5-3-6-10-18)27-22(20)19-11-7-4-8-12-19/h3-12,15H,13-14H2,1-2H3,(H,26,29)(H2,25,30,31). The summed E-state index contributed by atoms with van der Waals surface area (Å²) < 4.78 is 31.2. The summed E-state index contributed by atoms with van der Waals surface area (Å²) in [4.78, 5) is 12.7. The van der Waals surface area contributed by atoms with Crippen LogP contribution in [-0.2, 0) is 23.1 Å². The lowest BCUT2D eigenvalue weighted by Crippen LogP contribution is -2.26. The monoisotopic (exact) mass is 464 g/mol. The van der Waals surface area contributed by atoms with Crippen LogP contribution in [0, 0.1) is 13.8 Å². The first kappa shape index (κ1) is 22.5. The second-order valence-corrected chi connectivity index (χ2v) is 9.20. The molecule has 0 spiro atoms. The number of rotatable bonds is 7. The van der Waals surface area contributed by atoms with E-state index >= 15 is 0 Å². The number of nitrogens with zero attached hydrogens (tertiary/aromatic N) is 2. The molecule has 4 aromatic rings. The Balaban J connectivity index is 1.63. The largest absolute Gasteiger partial charge is 0.464 e. The third-order valence-electron chi connectivity index (χ3n) is 5.23. The molecule has 2 aromatic heterocycles. The number of hydrogen-bond donors (Lipinski definition) is 2. The van der Waals surface area contributed by atoms with Gasteiger partial charge in [0.25, 0.3) is 5.91 Å². The summed E-state index contributed by atoms with van der Waals surface area (Å²) in [5, 5.41) is 12.8. The number of nitrogens with one attached hydrogen (secondary N) is 1. The van der Waals surface area contributed by atoms with Crippen molar-refractivity contribution in [3.8, 4) is 11.3 Å². The molecule has 8 nitrogen and oxygen atoms in total. The van der Waals surface area contributed by atoms with E-state index in [-0.39, 0.29) is 28.5 Å². The predicted molar refractivity (Wildman–Crippen MR) is 124 cm³/mol. The van der Waals surface area contributed by atoms with Gasteiger partial charge >= 0.3 is 0 Å². The zero-order valence-corrected chi connectivity index (χ0v) is 19.1. The second kappa shape index (κ2) is 9.05. The number of benzene rings is 2. The number of furan rings is 1. The molecule has 0 atom stereocenters. The van der Waals surface area contributed by atoms with Gasteiger partial charge in [0.1, 0.15) is 22.0 Å². The average Bonchev–Trinajstić information content (AvgIpc) is 3.32. The number of hydrogen-bond acceptors (Lipinski definition) is 5. The summed E-state index contributed by atoms with van der Waals surface area (Å²) in [6.45, 7) is 3.71. The zero-order valence-electron chi connectivity index (χ0n) is 18.3. The van der Waals surface area contributed by atoms with E-state index in [1.807, 2.05) is 71.5 Å². The van der Waals surface area contributed by atoms with Crippen LogP contribution in [0.4, 0.5) is 0 Å². The first-order valence-electron chi connectivity index (χ1n) is 10.3. The third kappa shape index (κ3) is 4.89. The lowest BCUT2D eigenvalue weighted by Gasteiger charge is -2.07. The van der Waals surface area contributed by atoms with E-state index in [4.69, 9.17) is 14.7 Å². The highest BCUT2D eigenvalue weighted by atomic mass is 32.2. The van der Waals surface area contributed by atoms with Crippen LogP contribution in [0.5, 0.6) is 0 Å². The van der Waals surface area contributed by atoms with Crippen LogP contribution in [0.2, 0.25) is 0 Å². The Hall–Kier alpha value is -3.69. The fourth-order valence-corrected chi connectivity index (χ4v) is 4.78. The first-order chi connectivity index (χ1) is 15.7. The number of aromatic nitrogens is 2. The van der Waals surface area contributed by atoms with Gasteiger partial charge in [0.05, 0.1) is 12.2 Å². The molecular weight excluding hydrogens is 440 g/mol. The summed E-state index contributed by atoms with van der Waals surface area (Å²) in [6, 6.07) is 19.6. The average molecular weight is 465 g/mol. The highest BCUT2D eigenvalue weighted by Gasteiger charge is 2.28. The maximum atomic E-state index is 12.9. The quantitative estimate of drug-likeness (QED) is 0.434. The molecule has 9 heteroatoms. The minimum Gasteiger partial charge on any atom is -0.464 e. The van der Waals surface area contributed by atoms with E-state index in [1.54, 1.807) is 0 Å². The molecule has 0 bridgehead atoms. The Labute approximate surface area is 192 Å². The van der Waals surface area contributed by atoms with E-state index in [9.17, 15) is 13.2 Å².